The highest BCUT2D eigenvalue weighted by molar-refractivity contribution is 5.89. The smallest absolute Gasteiger partial charge is 0.326 e. The van der Waals surface area contributed by atoms with Gasteiger partial charge >= 0.3 is 12.0 Å². The molecule has 0 aromatic carbocycles. The molecular formula is C10H19N3O4. The summed E-state index contributed by atoms with van der Waals surface area (Å²) in [5.41, 5.74) is 4.95. The molecule has 0 fully saturated rings. The minimum Gasteiger partial charge on any atom is -0.480 e. The van der Waals surface area contributed by atoms with Crippen molar-refractivity contribution in [3.05, 3.63) is 0 Å². The van der Waals surface area contributed by atoms with Crippen molar-refractivity contribution in [3.8, 4) is 0 Å². The summed E-state index contributed by atoms with van der Waals surface area (Å²) in [6.07, 6.45) is 0.266. The van der Waals surface area contributed by atoms with Gasteiger partial charge in [0.15, 0.2) is 0 Å². The third kappa shape index (κ3) is 5.19. The molecule has 98 valence electrons. The first-order valence-electron chi connectivity index (χ1n) is 5.38. The van der Waals surface area contributed by atoms with Gasteiger partial charge in [-0.05, 0) is 12.3 Å². The molecule has 5 N–H and O–H groups in total. The molecule has 0 saturated carbocycles. The van der Waals surface area contributed by atoms with Crippen LogP contribution in [0.4, 0.5) is 4.79 Å². The molecule has 0 aliphatic carbocycles. The van der Waals surface area contributed by atoms with Crippen LogP contribution in [0.1, 0.15) is 27.2 Å². The summed E-state index contributed by atoms with van der Waals surface area (Å²) >= 11 is 0. The Kier molecular flexibility index (Phi) is 6.01. The number of nitrogens with two attached hydrogens (primary N) is 1. The first-order chi connectivity index (χ1) is 7.79. The minimum absolute atomic E-state index is 0.186. The Morgan fingerprint density at radius 3 is 2.06 bits per heavy atom. The van der Waals surface area contributed by atoms with Gasteiger partial charge in [0.1, 0.15) is 12.1 Å². The lowest BCUT2D eigenvalue weighted by Gasteiger charge is -2.22. The fourth-order valence-electron chi connectivity index (χ4n) is 1.29. The maximum Gasteiger partial charge on any atom is 0.326 e. The molecule has 0 aromatic heterocycles. The summed E-state index contributed by atoms with van der Waals surface area (Å²) in [6, 6.07) is -2.61. The van der Waals surface area contributed by atoms with E-state index in [1.54, 1.807) is 20.8 Å². The standard InChI is InChI=1S/C10H19N3O4/c1-4-6(9(15)16)12-8(14)7(5(2)3)13-10(11)17/h5-7H,4H2,1-3H3,(H,12,14)(H,15,16)(H3,11,13,17)/t6-,7?/m0/s1. The second kappa shape index (κ2) is 6.72. The topological polar surface area (TPSA) is 122 Å². The zero-order valence-corrected chi connectivity index (χ0v) is 10.2. The lowest BCUT2D eigenvalue weighted by molar-refractivity contribution is -0.142. The van der Waals surface area contributed by atoms with Crippen LogP contribution in [0.15, 0.2) is 0 Å². The van der Waals surface area contributed by atoms with E-state index in [1.165, 1.54) is 0 Å². The Hall–Kier alpha value is -1.79. The fourth-order valence-corrected chi connectivity index (χ4v) is 1.29. The van der Waals surface area contributed by atoms with Crippen LogP contribution in [0, 0.1) is 5.92 Å². The lowest BCUT2D eigenvalue weighted by Crippen LogP contribution is -2.54. The number of carbonyl (C=O) groups excluding carboxylic acids is 2. The zero-order valence-electron chi connectivity index (χ0n) is 10.2. The predicted octanol–water partition coefficient (Wildman–Crippen LogP) is -0.341. The average molecular weight is 245 g/mol. The number of urea groups is 1. The van der Waals surface area contributed by atoms with Gasteiger partial charge in [-0.15, -0.1) is 0 Å². The number of aliphatic carboxylic acids is 1. The molecule has 7 nitrogen and oxygen atoms in total. The van der Waals surface area contributed by atoms with Crippen molar-refractivity contribution in [2.24, 2.45) is 11.7 Å². The van der Waals surface area contributed by atoms with Crippen LogP contribution in [0.25, 0.3) is 0 Å². The molecule has 0 aromatic rings. The van der Waals surface area contributed by atoms with E-state index in [0.717, 1.165) is 0 Å². The summed E-state index contributed by atoms with van der Waals surface area (Å²) in [4.78, 5) is 33.2. The molecule has 0 aliphatic rings. The number of rotatable bonds is 6. The molecule has 2 atom stereocenters. The van der Waals surface area contributed by atoms with Gasteiger partial charge < -0.3 is 21.5 Å². The maximum absolute atomic E-state index is 11.7. The molecule has 17 heavy (non-hydrogen) atoms. The van der Waals surface area contributed by atoms with Crippen molar-refractivity contribution >= 4 is 17.9 Å². The quantitative estimate of drug-likeness (QED) is 0.511. The van der Waals surface area contributed by atoms with Gasteiger partial charge in [0, 0.05) is 0 Å². The predicted molar refractivity (Wildman–Crippen MR) is 61.2 cm³/mol. The van der Waals surface area contributed by atoms with E-state index in [9.17, 15) is 14.4 Å². The molecule has 1 unspecified atom stereocenters. The normalized spacial score (nSPS) is 13.9. The molecular weight excluding hydrogens is 226 g/mol. The van der Waals surface area contributed by atoms with Crippen molar-refractivity contribution in [1.82, 2.24) is 10.6 Å². The number of hydrogen-bond donors (Lipinski definition) is 4. The van der Waals surface area contributed by atoms with Gasteiger partial charge in [0.25, 0.3) is 0 Å². The van der Waals surface area contributed by atoms with Crippen molar-refractivity contribution in [2.75, 3.05) is 0 Å². The van der Waals surface area contributed by atoms with Gasteiger partial charge in [-0.1, -0.05) is 20.8 Å². The number of amides is 3. The van der Waals surface area contributed by atoms with Crippen LogP contribution in [0.3, 0.4) is 0 Å². The SMILES string of the molecule is CC[C@H](NC(=O)C(NC(N)=O)C(C)C)C(=O)O. The fraction of sp³-hybridized carbons (Fsp3) is 0.700. The number of primary amides is 1. The van der Waals surface area contributed by atoms with Crippen LogP contribution in [0.5, 0.6) is 0 Å². The van der Waals surface area contributed by atoms with Gasteiger partial charge in [0.05, 0.1) is 0 Å². The Bertz CT molecular complexity index is 304. The van der Waals surface area contributed by atoms with Crippen LogP contribution in [-0.4, -0.2) is 35.1 Å². The number of carboxylic acid groups (broad SMARTS) is 1. The maximum atomic E-state index is 11.7. The molecule has 0 saturated heterocycles. The molecule has 0 rings (SSSR count). The number of carboxylic acids is 1. The van der Waals surface area contributed by atoms with Gasteiger partial charge in [-0.2, -0.15) is 0 Å². The average Bonchev–Trinajstić information content (AvgIpc) is 2.20. The summed E-state index contributed by atoms with van der Waals surface area (Å²) in [7, 11) is 0. The second-order valence-electron chi connectivity index (χ2n) is 4.04. The number of nitrogens with one attached hydrogen (secondary N) is 2. The van der Waals surface area contributed by atoms with E-state index in [0.29, 0.717) is 0 Å². The highest BCUT2D eigenvalue weighted by Gasteiger charge is 2.27. The van der Waals surface area contributed by atoms with E-state index in [1.807, 2.05) is 0 Å². The Balaban J connectivity index is 4.62. The first kappa shape index (κ1) is 15.2. The van der Waals surface area contributed by atoms with Crippen LogP contribution in [-0.2, 0) is 9.59 Å². The van der Waals surface area contributed by atoms with E-state index in [-0.39, 0.29) is 12.3 Å². The molecule has 3 amide bonds. The Labute approximate surface area is 99.7 Å². The van der Waals surface area contributed by atoms with E-state index in [2.05, 4.69) is 10.6 Å². The van der Waals surface area contributed by atoms with Crippen molar-refractivity contribution in [1.29, 1.82) is 0 Å². The largest absolute Gasteiger partial charge is 0.480 e. The third-order valence-corrected chi connectivity index (χ3v) is 2.27. The van der Waals surface area contributed by atoms with E-state index < -0.39 is 30.0 Å². The summed E-state index contributed by atoms with van der Waals surface area (Å²) in [6.45, 7) is 5.09. The monoisotopic (exact) mass is 245 g/mol. The molecule has 7 heteroatoms. The number of carbonyl (C=O) groups is 3. The van der Waals surface area contributed by atoms with E-state index in [4.69, 9.17) is 10.8 Å². The van der Waals surface area contributed by atoms with Crippen molar-refractivity contribution in [2.45, 2.75) is 39.3 Å². The summed E-state index contributed by atoms with van der Waals surface area (Å²) in [5.74, 6) is -1.84. The zero-order chi connectivity index (χ0) is 13.6. The van der Waals surface area contributed by atoms with Gasteiger partial charge in [-0.3, -0.25) is 4.79 Å². The Morgan fingerprint density at radius 2 is 1.76 bits per heavy atom. The Morgan fingerprint density at radius 1 is 1.24 bits per heavy atom. The number of hydrogen-bond acceptors (Lipinski definition) is 3. The molecule has 0 heterocycles. The van der Waals surface area contributed by atoms with Crippen molar-refractivity contribution < 1.29 is 19.5 Å². The highest BCUT2D eigenvalue weighted by atomic mass is 16.4. The minimum atomic E-state index is -1.11. The third-order valence-electron chi connectivity index (χ3n) is 2.27. The highest BCUT2D eigenvalue weighted by Crippen LogP contribution is 2.03. The summed E-state index contributed by atoms with van der Waals surface area (Å²) in [5, 5.41) is 13.4. The first-order valence-corrected chi connectivity index (χ1v) is 5.38. The van der Waals surface area contributed by atoms with Gasteiger partial charge in [-0.25, -0.2) is 9.59 Å². The lowest BCUT2D eigenvalue weighted by atomic mass is 10.0. The second-order valence-corrected chi connectivity index (χ2v) is 4.04. The van der Waals surface area contributed by atoms with Crippen LogP contribution in [0.2, 0.25) is 0 Å². The molecule has 0 radical (unpaired) electrons. The molecule has 0 aliphatic heterocycles. The van der Waals surface area contributed by atoms with Crippen LogP contribution < -0.4 is 16.4 Å². The van der Waals surface area contributed by atoms with Crippen molar-refractivity contribution in [3.63, 3.8) is 0 Å². The summed E-state index contributed by atoms with van der Waals surface area (Å²) < 4.78 is 0. The van der Waals surface area contributed by atoms with Crippen LogP contribution >= 0.6 is 0 Å². The van der Waals surface area contributed by atoms with E-state index >= 15 is 0 Å². The molecule has 0 bridgehead atoms. The van der Waals surface area contributed by atoms with Gasteiger partial charge in [0.2, 0.25) is 5.91 Å². The molecule has 0 spiro atoms.